The van der Waals surface area contributed by atoms with Crippen LogP contribution in [0.1, 0.15) is 67.2 Å². The minimum atomic E-state index is -0.751. The van der Waals surface area contributed by atoms with Crippen molar-refractivity contribution in [2.24, 2.45) is 0 Å². The summed E-state index contributed by atoms with van der Waals surface area (Å²) in [7, 11) is 0. The molecule has 10 nitrogen and oxygen atoms in total. The van der Waals surface area contributed by atoms with E-state index >= 15 is 0 Å². The Labute approximate surface area is 313 Å². The summed E-state index contributed by atoms with van der Waals surface area (Å²) < 4.78 is 10.7. The van der Waals surface area contributed by atoms with Gasteiger partial charge in [0.05, 0.1) is 0 Å². The van der Waals surface area contributed by atoms with Crippen molar-refractivity contribution < 1.29 is 28.7 Å². The highest BCUT2D eigenvalue weighted by molar-refractivity contribution is 5.86. The molecule has 0 aliphatic rings. The maximum atomic E-state index is 13.1. The van der Waals surface area contributed by atoms with Gasteiger partial charge in [-0.05, 0) is 35.1 Å². The van der Waals surface area contributed by atoms with Crippen LogP contribution in [0.5, 0.6) is 0 Å². The van der Waals surface area contributed by atoms with Crippen molar-refractivity contribution in [1.82, 2.24) is 21.3 Å². The molecule has 4 amide bonds. The van der Waals surface area contributed by atoms with Gasteiger partial charge < -0.3 is 30.7 Å². The first-order chi connectivity index (χ1) is 26.0. The van der Waals surface area contributed by atoms with E-state index in [-0.39, 0.29) is 25.0 Å². The molecule has 4 aromatic rings. The van der Waals surface area contributed by atoms with Crippen molar-refractivity contribution in [3.63, 3.8) is 0 Å². The van der Waals surface area contributed by atoms with E-state index in [1.165, 1.54) is 0 Å². The Morgan fingerprint density at radius 1 is 0.415 bits per heavy atom. The third-order valence-corrected chi connectivity index (χ3v) is 8.66. The standard InChI is InChI=1S/C43H52N4O6/c48-40(38(30-34-20-10-6-11-21-34)46-42(50)52-32-36-24-14-8-15-25-36)44-28-18-4-2-1-3-5-19-29-45-41(49)39(31-35-22-12-7-13-23-35)47-43(51)53-33-37-26-16-9-17-27-37/h6-17,20-27,38-39H,1-5,18-19,28-33H2,(H,44,48)(H,45,49)(H,46,50)(H,47,51)/t38-,39-/m0/s1. The normalized spacial score (nSPS) is 11.8. The van der Waals surface area contributed by atoms with Crippen LogP contribution < -0.4 is 21.3 Å². The van der Waals surface area contributed by atoms with E-state index in [4.69, 9.17) is 9.47 Å². The second-order valence-corrected chi connectivity index (χ2v) is 13.0. The van der Waals surface area contributed by atoms with Gasteiger partial charge in [0.15, 0.2) is 0 Å². The lowest BCUT2D eigenvalue weighted by Crippen LogP contribution is -2.48. The van der Waals surface area contributed by atoms with Crippen molar-refractivity contribution in [2.75, 3.05) is 13.1 Å². The third-order valence-electron chi connectivity index (χ3n) is 8.66. The van der Waals surface area contributed by atoms with Crippen LogP contribution in [0.25, 0.3) is 0 Å². The third kappa shape index (κ3) is 16.5. The Hall–Kier alpha value is -5.64. The lowest BCUT2D eigenvalue weighted by atomic mass is 10.0. The highest BCUT2D eigenvalue weighted by atomic mass is 16.6. The van der Waals surface area contributed by atoms with E-state index in [1.807, 2.05) is 121 Å². The van der Waals surface area contributed by atoms with E-state index < -0.39 is 24.3 Å². The van der Waals surface area contributed by atoms with Crippen molar-refractivity contribution in [2.45, 2.75) is 83.1 Å². The number of benzene rings is 4. The lowest BCUT2D eigenvalue weighted by molar-refractivity contribution is -0.123. The molecule has 10 heteroatoms. The highest BCUT2D eigenvalue weighted by Crippen LogP contribution is 2.10. The smallest absolute Gasteiger partial charge is 0.408 e. The number of unbranched alkanes of at least 4 members (excludes halogenated alkanes) is 6. The van der Waals surface area contributed by atoms with Crippen molar-refractivity contribution >= 4 is 24.0 Å². The van der Waals surface area contributed by atoms with Gasteiger partial charge in [-0.25, -0.2) is 9.59 Å². The second-order valence-electron chi connectivity index (χ2n) is 13.0. The average Bonchev–Trinajstić information content (AvgIpc) is 3.19. The van der Waals surface area contributed by atoms with Gasteiger partial charge in [-0.1, -0.05) is 153 Å². The molecule has 280 valence electrons. The van der Waals surface area contributed by atoms with Gasteiger partial charge >= 0.3 is 12.2 Å². The first-order valence-corrected chi connectivity index (χ1v) is 18.5. The van der Waals surface area contributed by atoms with Crippen LogP contribution in [0.3, 0.4) is 0 Å². The Kier molecular flexibility index (Phi) is 18.0. The van der Waals surface area contributed by atoms with E-state index in [9.17, 15) is 19.2 Å². The monoisotopic (exact) mass is 720 g/mol. The molecule has 0 aliphatic carbocycles. The van der Waals surface area contributed by atoms with E-state index in [1.54, 1.807) is 0 Å². The molecule has 4 N–H and O–H groups in total. The molecule has 4 aromatic carbocycles. The lowest BCUT2D eigenvalue weighted by Gasteiger charge is -2.19. The molecule has 0 bridgehead atoms. The maximum absolute atomic E-state index is 13.1. The number of hydrogen-bond donors (Lipinski definition) is 4. The van der Waals surface area contributed by atoms with Gasteiger partial charge in [0.2, 0.25) is 11.8 Å². The van der Waals surface area contributed by atoms with Gasteiger partial charge in [0.25, 0.3) is 0 Å². The summed E-state index contributed by atoms with van der Waals surface area (Å²) >= 11 is 0. The summed E-state index contributed by atoms with van der Waals surface area (Å²) in [6.07, 6.45) is 6.20. The number of carbonyl (C=O) groups is 4. The van der Waals surface area contributed by atoms with Gasteiger partial charge in [-0.15, -0.1) is 0 Å². The van der Waals surface area contributed by atoms with Gasteiger partial charge in [0.1, 0.15) is 25.3 Å². The van der Waals surface area contributed by atoms with Crippen molar-refractivity contribution in [3.8, 4) is 0 Å². The molecule has 0 fully saturated rings. The maximum Gasteiger partial charge on any atom is 0.408 e. The molecule has 0 heterocycles. The fraction of sp³-hybridized carbons (Fsp3) is 0.349. The van der Waals surface area contributed by atoms with Crippen LogP contribution in [0.15, 0.2) is 121 Å². The molecule has 0 aliphatic heterocycles. The van der Waals surface area contributed by atoms with E-state index in [2.05, 4.69) is 21.3 Å². The van der Waals surface area contributed by atoms with Crippen LogP contribution in [-0.4, -0.2) is 49.2 Å². The molecule has 0 aromatic heterocycles. The molecular weight excluding hydrogens is 668 g/mol. The number of carbonyl (C=O) groups excluding carboxylic acids is 4. The number of rotatable bonds is 22. The van der Waals surface area contributed by atoms with Gasteiger partial charge in [-0.2, -0.15) is 0 Å². The zero-order valence-corrected chi connectivity index (χ0v) is 30.3. The number of hydrogen-bond acceptors (Lipinski definition) is 6. The molecule has 53 heavy (non-hydrogen) atoms. The molecule has 0 unspecified atom stereocenters. The number of ether oxygens (including phenoxy) is 2. The SMILES string of the molecule is O=C(N[C@@H](Cc1ccccc1)C(=O)NCCCCCCCCCNC(=O)[C@H](Cc1ccccc1)NC(=O)OCc1ccccc1)OCc1ccccc1. The molecular formula is C43H52N4O6. The van der Waals surface area contributed by atoms with Crippen LogP contribution in [0.4, 0.5) is 9.59 Å². The molecule has 0 saturated carbocycles. The topological polar surface area (TPSA) is 135 Å². The second kappa shape index (κ2) is 23.8. The first-order valence-electron chi connectivity index (χ1n) is 18.5. The van der Waals surface area contributed by atoms with Crippen LogP contribution in [0.2, 0.25) is 0 Å². The van der Waals surface area contributed by atoms with E-state index in [0.717, 1.165) is 67.2 Å². The Morgan fingerprint density at radius 2 is 0.717 bits per heavy atom. The number of amides is 4. The molecule has 0 saturated heterocycles. The van der Waals surface area contributed by atoms with E-state index in [0.29, 0.717) is 25.9 Å². The largest absolute Gasteiger partial charge is 0.445 e. The fourth-order valence-corrected chi connectivity index (χ4v) is 5.74. The minimum Gasteiger partial charge on any atom is -0.445 e. The summed E-state index contributed by atoms with van der Waals surface area (Å²) in [5.74, 6) is -0.476. The van der Waals surface area contributed by atoms with Gasteiger partial charge in [0, 0.05) is 25.9 Å². The fourth-order valence-electron chi connectivity index (χ4n) is 5.74. The van der Waals surface area contributed by atoms with Crippen molar-refractivity contribution in [1.29, 1.82) is 0 Å². The zero-order chi connectivity index (χ0) is 37.4. The predicted molar refractivity (Wildman–Crippen MR) is 206 cm³/mol. The first kappa shape index (κ1) is 40.1. The van der Waals surface area contributed by atoms with Crippen LogP contribution >= 0.6 is 0 Å². The van der Waals surface area contributed by atoms with Gasteiger partial charge in [-0.3, -0.25) is 9.59 Å². The summed E-state index contributed by atoms with van der Waals surface area (Å²) in [5, 5.41) is 11.4. The van der Waals surface area contributed by atoms with Crippen LogP contribution in [0, 0.1) is 0 Å². The predicted octanol–water partition coefficient (Wildman–Crippen LogP) is 7.02. The average molecular weight is 721 g/mol. The van der Waals surface area contributed by atoms with Crippen molar-refractivity contribution in [3.05, 3.63) is 144 Å². The Bertz CT molecular complexity index is 1520. The highest BCUT2D eigenvalue weighted by Gasteiger charge is 2.23. The number of alkyl carbamates (subject to hydrolysis) is 2. The summed E-state index contributed by atoms with van der Waals surface area (Å²) in [4.78, 5) is 51.2. The number of nitrogens with one attached hydrogen (secondary N) is 4. The quantitative estimate of drug-likeness (QED) is 0.0645. The zero-order valence-electron chi connectivity index (χ0n) is 30.3. The minimum absolute atomic E-state index is 0.127. The molecule has 0 radical (unpaired) electrons. The summed E-state index contributed by atoms with van der Waals surface area (Å²) in [5.41, 5.74) is 3.63. The molecule has 2 atom stereocenters. The molecule has 4 rings (SSSR count). The Morgan fingerprint density at radius 3 is 1.06 bits per heavy atom. The van der Waals surface area contributed by atoms with Crippen LogP contribution in [-0.2, 0) is 45.1 Å². The summed E-state index contributed by atoms with van der Waals surface area (Å²) in [6.45, 7) is 1.30. The Balaban J connectivity index is 1.08. The summed E-state index contributed by atoms with van der Waals surface area (Å²) in [6, 6.07) is 36.5. The molecule has 0 spiro atoms.